The maximum absolute atomic E-state index is 12.1. The molecule has 1 heterocycles. The van der Waals surface area contributed by atoms with Crippen molar-refractivity contribution in [3.05, 3.63) is 46.2 Å². The summed E-state index contributed by atoms with van der Waals surface area (Å²) in [5, 5.41) is 1.91. The van der Waals surface area contributed by atoms with Gasteiger partial charge in [0, 0.05) is 23.5 Å². The molecule has 0 atom stereocenters. The first-order valence-corrected chi connectivity index (χ1v) is 7.15. The highest BCUT2D eigenvalue weighted by Gasteiger charge is 2.09. The Labute approximate surface area is 108 Å². The van der Waals surface area contributed by atoms with Gasteiger partial charge in [-0.3, -0.25) is 4.79 Å². The molecule has 0 unspecified atom stereocenters. The predicted molar refractivity (Wildman–Crippen MR) is 71.4 cm³/mol. The Morgan fingerprint density at radius 3 is 2.82 bits per heavy atom. The number of thioether (sulfide) groups is 1. The van der Waals surface area contributed by atoms with Gasteiger partial charge in [-0.25, -0.2) is 0 Å². The highest BCUT2D eigenvalue weighted by atomic mass is 32.2. The number of nitrogens with zero attached hydrogens (tertiary/aromatic N) is 2. The average molecular weight is 264 g/mol. The van der Waals surface area contributed by atoms with E-state index < -0.39 is 0 Å². The smallest absolute Gasteiger partial charge is 0.280 e. The van der Waals surface area contributed by atoms with Gasteiger partial charge < -0.3 is 4.57 Å². The normalized spacial score (nSPS) is 11.8. The Bertz CT molecular complexity index is 598. The minimum Gasteiger partial charge on any atom is -0.327 e. The van der Waals surface area contributed by atoms with Crippen LogP contribution in [0, 0.1) is 0 Å². The Morgan fingerprint density at radius 2 is 2.18 bits per heavy atom. The lowest BCUT2D eigenvalue weighted by molar-refractivity contribution is 0.0995. The molecule has 0 aliphatic carbocycles. The lowest BCUT2D eigenvalue weighted by Gasteiger charge is -2.01. The summed E-state index contributed by atoms with van der Waals surface area (Å²) in [5.74, 6) is -0.187. The van der Waals surface area contributed by atoms with Gasteiger partial charge in [0.25, 0.3) is 5.91 Å². The molecule has 0 spiro atoms. The lowest BCUT2D eigenvalue weighted by Crippen LogP contribution is -2.12. The number of benzene rings is 1. The highest BCUT2D eigenvalue weighted by molar-refractivity contribution is 7.98. The number of hydrogen-bond donors (Lipinski definition) is 0. The molecule has 1 aromatic carbocycles. The van der Waals surface area contributed by atoms with Crippen molar-refractivity contribution in [2.45, 2.75) is 4.90 Å². The van der Waals surface area contributed by atoms with Crippen LogP contribution < -0.4 is 4.80 Å². The van der Waals surface area contributed by atoms with Crippen molar-refractivity contribution < 1.29 is 4.79 Å². The molecule has 0 N–H and O–H groups in total. The number of amides is 1. The monoisotopic (exact) mass is 264 g/mol. The minimum atomic E-state index is -0.187. The van der Waals surface area contributed by atoms with Crippen LogP contribution in [0.25, 0.3) is 0 Å². The van der Waals surface area contributed by atoms with Crippen LogP contribution in [0.4, 0.5) is 0 Å². The van der Waals surface area contributed by atoms with Gasteiger partial charge in [0.2, 0.25) is 0 Å². The van der Waals surface area contributed by atoms with E-state index in [0.717, 1.165) is 4.90 Å². The van der Waals surface area contributed by atoms with E-state index in [-0.39, 0.29) is 5.91 Å². The number of aromatic nitrogens is 1. The minimum absolute atomic E-state index is 0.187. The van der Waals surface area contributed by atoms with Gasteiger partial charge in [-0.1, -0.05) is 12.1 Å². The first-order chi connectivity index (χ1) is 8.22. The molecule has 0 bridgehead atoms. The summed E-state index contributed by atoms with van der Waals surface area (Å²) in [6, 6.07) is 7.53. The van der Waals surface area contributed by atoms with Crippen LogP contribution in [0.3, 0.4) is 0 Å². The molecule has 1 amide bonds. The summed E-state index contributed by atoms with van der Waals surface area (Å²) in [6.07, 6.45) is 3.84. The zero-order valence-electron chi connectivity index (χ0n) is 9.58. The number of carbonyl (C=O) groups excluding carboxylic acids is 1. The molecule has 0 fully saturated rings. The topological polar surface area (TPSA) is 34.4 Å². The molecule has 0 radical (unpaired) electrons. The van der Waals surface area contributed by atoms with Crippen molar-refractivity contribution in [1.82, 2.24) is 4.57 Å². The van der Waals surface area contributed by atoms with Gasteiger partial charge in [-0.15, -0.1) is 23.1 Å². The summed E-state index contributed by atoms with van der Waals surface area (Å²) < 4.78 is 1.84. The second-order valence-corrected chi connectivity index (χ2v) is 5.13. The molecule has 2 aromatic rings. The van der Waals surface area contributed by atoms with Crippen LogP contribution in [-0.2, 0) is 7.05 Å². The van der Waals surface area contributed by atoms with E-state index in [1.807, 2.05) is 53.7 Å². The Kier molecular flexibility index (Phi) is 3.81. The molecule has 0 saturated carbocycles. The van der Waals surface area contributed by atoms with Crippen LogP contribution in [0.1, 0.15) is 10.4 Å². The molecule has 0 aliphatic heterocycles. The van der Waals surface area contributed by atoms with E-state index in [1.54, 1.807) is 11.8 Å². The van der Waals surface area contributed by atoms with E-state index in [0.29, 0.717) is 10.4 Å². The van der Waals surface area contributed by atoms with E-state index in [2.05, 4.69) is 4.99 Å². The molecular weight excluding hydrogens is 252 g/mol. The standard InChI is InChI=1S/C12H12N2OS2/c1-14-7-8-17-12(14)13-11(15)9-5-3-4-6-10(9)16-2/h3-8H,1-2H3. The third-order valence-electron chi connectivity index (χ3n) is 2.29. The SMILES string of the molecule is CSc1ccccc1C(=O)N=c1sccn1C. The van der Waals surface area contributed by atoms with Gasteiger partial charge >= 0.3 is 0 Å². The summed E-state index contributed by atoms with van der Waals surface area (Å²) in [6.45, 7) is 0. The summed E-state index contributed by atoms with van der Waals surface area (Å²) in [7, 11) is 1.88. The van der Waals surface area contributed by atoms with Crippen molar-refractivity contribution in [3.8, 4) is 0 Å². The van der Waals surface area contributed by atoms with Crippen molar-refractivity contribution >= 4 is 29.0 Å². The van der Waals surface area contributed by atoms with Crippen LogP contribution in [-0.4, -0.2) is 16.7 Å². The summed E-state index contributed by atoms with van der Waals surface area (Å²) >= 11 is 3.01. The van der Waals surface area contributed by atoms with E-state index in [9.17, 15) is 4.79 Å². The van der Waals surface area contributed by atoms with E-state index in [4.69, 9.17) is 0 Å². The van der Waals surface area contributed by atoms with Gasteiger partial charge in [0.05, 0.1) is 5.56 Å². The number of carbonyl (C=O) groups is 1. The number of thiazole rings is 1. The van der Waals surface area contributed by atoms with Crippen molar-refractivity contribution in [1.29, 1.82) is 0 Å². The zero-order chi connectivity index (χ0) is 12.3. The van der Waals surface area contributed by atoms with Gasteiger partial charge in [0.15, 0.2) is 4.80 Å². The lowest BCUT2D eigenvalue weighted by atomic mass is 10.2. The molecule has 17 heavy (non-hydrogen) atoms. The summed E-state index contributed by atoms with van der Waals surface area (Å²) in [4.78, 5) is 17.9. The molecule has 5 heteroatoms. The summed E-state index contributed by atoms with van der Waals surface area (Å²) in [5.41, 5.74) is 0.661. The average Bonchev–Trinajstić information content (AvgIpc) is 2.75. The molecule has 88 valence electrons. The fourth-order valence-electron chi connectivity index (χ4n) is 1.40. The van der Waals surface area contributed by atoms with Crippen LogP contribution in [0.15, 0.2) is 45.7 Å². The Morgan fingerprint density at radius 1 is 1.41 bits per heavy atom. The molecule has 2 rings (SSSR count). The molecule has 1 aromatic heterocycles. The first kappa shape index (κ1) is 12.1. The third-order valence-corrected chi connectivity index (χ3v) is 3.94. The van der Waals surface area contributed by atoms with Crippen LogP contribution in [0.5, 0.6) is 0 Å². The Hall–Kier alpha value is -1.33. The van der Waals surface area contributed by atoms with Crippen molar-refractivity contribution in [2.75, 3.05) is 6.26 Å². The fourth-order valence-corrected chi connectivity index (χ4v) is 2.72. The number of hydrogen-bond acceptors (Lipinski definition) is 3. The molecule has 0 aliphatic rings. The quantitative estimate of drug-likeness (QED) is 0.781. The zero-order valence-corrected chi connectivity index (χ0v) is 11.2. The number of rotatable bonds is 2. The maximum atomic E-state index is 12.1. The predicted octanol–water partition coefficient (Wildman–Crippen LogP) is 2.55. The van der Waals surface area contributed by atoms with Crippen molar-refractivity contribution in [3.63, 3.8) is 0 Å². The molecule has 0 saturated heterocycles. The van der Waals surface area contributed by atoms with Gasteiger partial charge in [-0.2, -0.15) is 4.99 Å². The second-order valence-electron chi connectivity index (χ2n) is 3.41. The fraction of sp³-hybridized carbons (Fsp3) is 0.167. The van der Waals surface area contributed by atoms with Gasteiger partial charge in [0.1, 0.15) is 0 Å². The molecular formula is C12H12N2OS2. The van der Waals surface area contributed by atoms with Crippen molar-refractivity contribution in [2.24, 2.45) is 12.0 Å². The van der Waals surface area contributed by atoms with Crippen LogP contribution >= 0.6 is 23.1 Å². The molecule has 3 nitrogen and oxygen atoms in total. The van der Waals surface area contributed by atoms with E-state index in [1.165, 1.54) is 11.3 Å². The first-order valence-electron chi connectivity index (χ1n) is 5.04. The van der Waals surface area contributed by atoms with Crippen LogP contribution in [0.2, 0.25) is 0 Å². The van der Waals surface area contributed by atoms with Gasteiger partial charge in [-0.05, 0) is 18.4 Å². The third kappa shape index (κ3) is 2.68. The maximum Gasteiger partial charge on any atom is 0.280 e. The van der Waals surface area contributed by atoms with E-state index >= 15 is 0 Å². The highest BCUT2D eigenvalue weighted by Crippen LogP contribution is 2.20. The Balaban J connectivity index is 2.42. The number of aryl methyl sites for hydroxylation is 1. The second kappa shape index (κ2) is 5.33. The largest absolute Gasteiger partial charge is 0.327 e.